The van der Waals surface area contributed by atoms with Crippen LogP contribution in [0.2, 0.25) is 0 Å². The Bertz CT molecular complexity index is 517. The Hall–Kier alpha value is -1.60. The average molecular weight is 249 g/mol. The van der Waals surface area contributed by atoms with Gasteiger partial charge in [0.25, 0.3) is 0 Å². The first kappa shape index (κ1) is 10.5. The summed E-state index contributed by atoms with van der Waals surface area (Å²) in [5.74, 6) is -0.0292. The zero-order valence-corrected chi connectivity index (χ0v) is 9.85. The molecule has 0 bridgehead atoms. The summed E-state index contributed by atoms with van der Waals surface area (Å²) in [6.45, 7) is 1.78. The topological polar surface area (TPSA) is 72.7 Å². The summed E-state index contributed by atoms with van der Waals surface area (Å²) in [6.07, 6.45) is 3.73. The molecule has 0 aromatic carbocycles. The van der Waals surface area contributed by atoms with Crippen LogP contribution in [0.5, 0.6) is 0 Å². The van der Waals surface area contributed by atoms with E-state index in [2.05, 4.69) is 20.6 Å². The van der Waals surface area contributed by atoms with E-state index < -0.39 is 0 Å². The Kier molecular flexibility index (Phi) is 2.69. The molecule has 3 rings (SSSR count). The van der Waals surface area contributed by atoms with Gasteiger partial charge in [0.1, 0.15) is 10.7 Å². The zero-order chi connectivity index (χ0) is 11.7. The Morgan fingerprint density at radius 2 is 2.47 bits per heavy atom. The molecule has 1 aliphatic rings. The van der Waals surface area contributed by atoms with Crippen LogP contribution in [0.1, 0.15) is 21.5 Å². The van der Waals surface area contributed by atoms with E-state index in [4.69, 9.17) is 0 Å². The quantitative estimate of drug-likeness (QED) is 0.789. The molecule has 1 saturated heterocycles. The van der Waals surface area contributed by atoms with E-state index in [1.54, 1.807) is 17.1 Å². The van der Waals surface area contributed by atoms with Gasteiger partial charge in [0, 0.05) is 24.7 Å². The Balaban J connectivity index is 1.70. The minimum atomic E-state index is -0.0292. The lowest BCUT2D eigenvalue weighted by Crippen LogP contribution is -2.43. The van der Waals surface area contributed by atoms with Gasteiger partial charge in [0.2, 0.25) is 0 Å². The molecule has 0 spiro atoms. The SMILES string of the molecule is O=C(Cc1nccs1)c1cn(C2CNC2)nn1. The smallest absolute Gasteiger partial charge is 0.191 e. The third-order valence-electron chi connectivity index (χ3n) is 2.73. The van der Waals surface area contributed by atoms with Crippen molar-refractivity contribution in [2.75, 3.05) is 13.1 Å². The summed E-state index contributed by atoms with van der Waals surface area (Å²) < 4.78 is 1.76. The highest BCUT2D eigenvalue weighted by Crippen LogP contribution is 2.12. The van der Waals surface area contributed by atoms with Gasteiger partial charge in [0.05, 0.1) is 18.7 Å². The molecule has 1 fully saturated rings. The number of Topliss-reactive ketones (excluding diaryl/α,β-unsaturated/α-hetero) is 1. The highest BCUT2D eigenvalue weighted by Gasteiger charge is 2.21. The van der Waals surface area contributed by atoms with E-state index >= 15 is 0 Å². The molecule has 0 unspecified atom stereocenters. The fourth-order valence-electron chi connectivity index (χ4n) is 1.61. The number of ketones is 1. The molecule has 0 amide bonds. The molecule has 1 aliphatic heterocycles. The second-order valence-electron chi connectivity index (χ2n) is 3.92. The maximum absolute atomic E-state index is 11.9. The Morgan fingerprint density at radius 1 is 1.59 bits per heavy atom. The van der Waals surface area contributed by atoms with E-state index in [9.17, 15) is 4.79 Å². The van der Waals surface area contributed by atoms with Crippen molar-refractivity contribution in [1.29, 1.82) is 0 Å². The molecule has 3 heterocycles. The summed E-state index contributed by atoms with van der Waals surface area (Å²) in [5.41, 5.74) is 0.423. The van der Waals surface area contributed by atoms with Gasteiger partial charge in [0.15, 0.2) is 5.78 Å². The number of hydrogen-bond donors (Lipinski definition) is 1. The lowest BCUT2D eigenvalue weighted by molar-refractivity contribution is 0.0988. The van der Waals surface area contributed by atoms with Gasteiger partial charge >= 0.3 is 0 Å². The minimum Gasteiger partial charge on any atom is -0.312 e. The molecule has 6 nitrogen and oxygen atoms in total. The lowest BCUT2D eigenvalue weighted by atomic mass is 10.2. The van der Waals surface area contributed by atoms with Gasteiger partial charge in [-0.1, -0.05) is 5.21 Å². The highest BCUT2D eigenvalue weighted by molar-refractivity contribution is 7.09. The maximum atomic E-state index is 11.9. The summed E-state index contributed by atoms with van der Waals surface area (Å²) in [4.78, 5) is 16.0. The molecule has 0 saturated carbocycles. The van der Waals surface area contributed by atoms with E-state index in [1.807, 2.05) is 5.38 Å². The predicted octanol–water partition coefficient (Wildman–Crippen LogP) is 0.304. The van der Waals surface area contributed by atoms with Crippen LogP contribution >= 0.6 is 11.3 Å². The van der Waals surface area contributed by atoms with Crippen LogP contribution in [0, 0.1) is 0 Å². The molecule has 88 valence electrons. The molecular weight excluding hydrogens is 238 g/mol. The molecule has 7 heteroatoms. The third-order valence-corrected chi connectivity index (χ3v) is 3.50. The molecule has 1 N–H and O–H groups in total. The second-order valence-corrected chi connectivity index (χ2v) is 4.90. The van der Waals surface area contributed by atoms with Gasteiger partial charge < -0.3 is 5.32 Å². The van der Waals surface area contributed by atoms with E-state index in [-0.39, 0.29) is 5.78 Å². The minimum absolute atomic E-state index is 0.0292. The molecule has 2 aromatic rings. The molecule has 0 aliphatic carbocycles. The lowest BCUT2D eigenvalue weighted by Gasteiger charge is -2.26. The zero-order valence-electron chi connectivity index (χ0n) is 9.04. The maximum Gasteiger partial charge on any atom is 0.191 e. The molecule has 2 aromatic heterocycles. The number of thiazole rings is 1. The van der Waals surface area contributed by atoms with Crippen molar-refractivity contribution in [1.82, 2.24) is 25.3 Å². The predicted molar refractivity (Wildman–Crippen MR) is 62.1 cm³/mol. The van der Waals surface area contributed by atoms with E-state index in [1.165, 1.54) is 11.3 Å². The van der Waals surface area contributed by atoms with E-state index in [0.29, 0.717) is 18.2 Å². The number of carbonyl (C=O) groups excluding carboxylic acids is 1. The van der Waals surface area contributed by atoms with Crippen molar-refractivity contribution in [3.63, 3.8) is 0 Å². The van der Waals surface area contributed by atoms with Gasteiger partial charge in [-0.25, -0.2) is 9.67 Å². The molecular formula is C10H11N5OS. The standard InChI is InChI=1S/C10H11N5OS/c16-9(3-10-12-1-2-17-10)8-6-15(14-13-8)7-4-11-5-7/h1-2,6-7,11H,3-5H2. The Labute approximate surface area is 102 Å². The average Bonchev–Trinajstić information content (AvgIpc) is 2.85. The number of aromatic nitrogens is 4. The van der Waals surface area contributed by atoms with Crippen molar-refractivity contribution in [3.8, 4) is 0 Å². The third kappa shape index (κ3) is 2.11. The van der Waals surface area contributed by atoms with Crippen LogP contribution < -0.4 is 5.32 Å². The van der Waals surface area contributed by atoms with Crippen molar-refractivity contribution in [2.24, 2.45) is 0 Å². The van der Waals surface area contributed by atoms with Crippen molar-refractivity contribution >= 4 is 17.1 Å². The highest BCUT2D eigenvalue weighted by atomic mass is 32.1. The molecule has 0 atom stereocenters. The monoisotopic (exact) mass is 249 g/mol. The molecule has 17 heavy (non-hydrogen) atoms. The van der Waals surface area contributed by atoms with Crippen molar-refractivity contribution < 1.29 is 4.79 Å². The van der Waals surface area contributed by atoms with Crippen molar-refractivity contribution in [2.45, 2.75) is 12.5 Å². The first-order valence-electron chi connectivity index (χ1n) is 5.37. The van der Waals surface area contributed by atoms with Gasteiger partial charge in [-0.05, 0) is 0 Å². The van der Waals surface area contributed by atoms with Crippen LogP contribution in [0.3, 0.4) is 0 Å². The summed E-state index contributed by atoms with van der Waals surface area (Å²) in [6, 6.07) is 0.337. The van der Waals surface area contributed by atoms with Crippen LogP contribution in [0.15, 0.2) is 17.8 Å². The van der Waals surface area contributed by atoms with Gasteiger partial charge in [-0.2, -0.15) is 0 Å². The summed E-state index contributed by atoms with van der Waals surface area (Å²) >= 11 is 1.48. The van der Waals surface area contributed by atoms with Crippen molar-refractivity contribution in [3.05, 3.63) is 28.5 Å². The number of nitrogens with one attached hydrogen (secondary N) is 1. The van der Waals surface area contributed by atoms with Crippen LogP contribution in [-0.4, -0.2) is 38.9 Å². The first-order chi connectivity index (χ1) is 8.33. The normalized spacial score (nSPS) is 15.8. The first-order valence-corrected chi connectivity index (χ1v) is 6.25. The molecule has 0 radical (unpaired) electrons. The fourth-order valence-corrected chi connectivity index (χ4v) is 2.23. The van der Waals surface area contributed by atoms with Gasteiger partial charge in [-0.3, -0.25) is 4.79 Å². The second kappa shape index (κ2) is 4.34. The summed E-state index contributed by atoms with van der Waals surface area (Å²) in [5, 5.41) is 13.7. The number of nitrogens with zero attached hydrogens (tertiary/aromatic N) is 4. The Morgan fingerprint density at radius 3 is 3.12 bits per heavy atom. The van der Waals surface area contributed by atoms with Crippen LogP contribution in [0.25, 0.3) is 0 Å². The number of rotatable bonds is 4. The largest absolute Gasteiger partial charge is 0.312 e. The van der Waals surface area contributed by atoms with E-state index in [0.717, 1.165) is 18.1 Å². The number of carbonyl (C=O) groups is 1. The van der Waals surface area contributed by atoms with Gasteiger partial charge in [-0.15, -0.1) is 16.4 Å². The van der Waals surface area contributed by atoms with Crippen LogP contribution in [-0.2, 0) is 6.42 Å². The fraction of sp³-hybridized carbons (Fsp3) is 0.400. The van der Waals surface area contributed by atoms with Crippen LogP contribution in [0.4, 0.5) is 0 Å². The number of hydrogen-bond acceptors (Lipinski definition) is 6. The summed E-state index contributed by atoms with van der Waals surface area (Å²) in [7, 11) is 0.